The number of carbonyl (C=O) groups is 1. The van der Waals surface area contributed by atoms with Gasteiger partial charge in [-0.15, -0.1) is 0 Å². The zero-order chi connectivity index (χ0) is 28.4. The number of aryl methyl sites for hydroxylation is 3. The second kappa shape index (κ2) is 11.2. The average Bonchev–Trinajstić information content (AvgIpc) is 2.92. The maximum Gasteiger partial charge on any atom is 0.293 e. The minimum absolute atomic E-state index is 0.0975. The Labute approximate surface area is 234 Å². The van der Waals surface area contributed by atoms with Crippen molar-refractivity contribution in [1.29, 1.82) is 0 Å². The van der Waals surface area contributed by atoms with Gasteiger partial charge in [0.2, 0.25) is 5.91 Å². The minimum Gasteiger partial charge on any atom is -0.319 e. The van der Waals surface area contributed by atoms with Crippen LogP contribution in [-0.2, 0) is 4.79 Å². The molecule has 5 rings (SSSR count). The molecule has 4 aromatic carbocycles. The minimum atomic E-state index is -0.868. The first-order valence-corrected chi connectivity index (χ1v) is 13.5. The number of thioether (sulfide) groups is 1. The molecule has 5 aromatic rings. The van der Waals surface area contributed by atoms with Gasteiger partial charge in [0, 0.05) is 6.07 Å². The number of amides is 1. The molecule has 40 heavy (non-hydrogen) atoms. The lowest BCUT2D eigenvalue weighted by atomic mass is 10.1. The number of nitro groups is 1. The topological polar surface area (TPSA) is 107 Å². The van der Waals surface area contributed by atoms with Crippen LogP contribution in [0.2, 0.25) is 0 Å². The number of aromatic nitrogens is 2. The maximum atomic E-state index is 13.8. The normalized spacial score (nSPS) is 11.8. The Hall–Kier alpha value is -4.76. The molecule has 0 saturated heterocycles. The predicted octanol–water partition coefficient (Wildman–Crippen LogP) is 6.69. The number of nitrogens with zero attached hydrogens (tertiary/aromatic N) is 3. The third-order valence-corrected chi connectivity index (χ3v) is 7.59. The third kappa shape index (κ3) is 5.50. The van der Waals surface area contributed by atoms with Crippen LogP contribution < -0.4 is 10.9 Å². The lowest BCUT2D eigenvalue weighted by Crippen LogP contribution is -2.24. The second-order valence-electron chi connectivity index (χ2n) is 9.57. The second-order valence-corrected chi connectivity index (χ2v) is 10.6. The van der Waals surface area contributed by atoms with Crippen LogP contribution in [0.25, 0.3) is 16.6 Å². The van der Waals surface area contributed by atoms with Crippen LogP contribution in [0.5, 0.6) is 0 Å². The van der Waals surface area contributed by atoms with Gasteiger partial charge >= 0.3 is 0 Å². The monoisotopic (exact) mass is 550 g/mol. The molecule has 0 bridgehead atoms. The number of rotatable bonds is 7. The first kappa shape index (κ1) is 26.8. The number of carbonyl (C=O) groups excluding carboxylic acids is 1. The molecule has 1 heterocycles. The summed E-state index contributed by atoms with van der Waals surface area (Å²) in [6.45, 7) is 5.66. The van der Waals surface area contributed by atoms with Crippen molar-refractivity contribution >= 4 is 39.9 Å². The predicted molar refractivity (Wildman–Crippen MR) is 158 cm³/mol. The van der Waals surface area contributed by atoms with Crippen LogP contribution in [0, 0.1) is 30.9 Å². The molecule has 0 saturated carbocycles. The molecule has 0 radical (unpaired) electrons. The van der Waals surface area contributed by atoms with Gasteiger partial charge in [0.05, 0.1) is 21.5 Å². The van der Waals surface area contributed by atoms with Crippen LogP contribution in [-0.4, -0.2) is 20.4 Å². The van der Waals surface area contributed by atoms with E-state index in [-0.39, 0.29) is 16.9 Å². The Balaban J connectivity index is 1.65. The fourth-order valence-electron chi connectivity index (χ4n) is 4.60. The zero-order valence-corrected chi connectivity index (χ0v) is 22.9. The van der Waals surface area contributed by atoms with Crippen molar-refractivity contribution < 1.29 is 9.72 Å². The van der Waals surface area contributed by atoms with Gasteiger partial charge in [0.15, 0.2) is 5.16 Å². The van der Waals surface area contributed by atoms with E-state index < -0.39 is 16.1 Å². The lowest BCUT2D eigenvalue weighted by molar-refractivity contribution is -0.384. The summed E-state index contributed by atoms with van der Waals surface area (Å²) < 4.78 is 1.53. The number of nitrogens with one attached hydrogen (secondary N) is 1. The van der Waals surface area contributed by atoms with Gasteiger partial charge in [-0.2, -0.15) is 0 Å². The van der Waals surface area contributed by atoms with Crippen LogP contribution in [0.15, 0.2) is 101 Å². The van der Waals surface area contributed by atoms with Crippen molar-refractivity contribution in [2.45, 2.75) is 31.2 Å². The molecule has 1 unspecified atom stereocenters. The molecule has 0 aliphatic rings. The number of fused-ring (bicyclic) bond motifs is 1. The van der Waals surface area contributed by atoms with Gasteiger partial charge in [0.25, 0.3) is 11.2 Å². The summed E-state index contributed by atoms with van der Waals surface area (Å²) in [5.74, 6) is -0.475. The molecule has 8 nitrogen and oxygen atoms in total. The summed E-state index contributed by atoms with van der Waals surface area (Å²) in [5, 5.41) is 14.4. The fraction of sp³-hybridized carbons (Fsp3) is 0.129. The van der Waals surface area contributed by atoms with Crippen LogP contribution in [0.3, 0.4) is 0 Å². The Morgan fingerprint density at radius 3 is 2.27 bits per heavy atom. The van der Waals surface area contributed by atoms with E-state index in [4.69, 9.17) is 4.98 Å². The van der Waals surface area contributed by atoms with Crippen LogP contribution in [0.1, 0.15) is 27.5 Å². The number of anilines is 1. The first-order valence-electron chi connectivity index (χ1n) is 12.6. The molecule has 1 aromatic heterocycles. The summed E-state index contributed by atoms with van der Waals surface area (Å²) in [6, 6.07) is 26.7. The van der Waals surface area contributed by atoms with E-state index in [2.05, 4.69) is 5.32 Å². The van der Waals surface area contributed by atoms with Crippen LogP contribution in [0.4, 0.5) is 11.4 Å². The molecule has 1 N–H and O–H groups in total. The zero-order valence-electron chi connectivity index (χ0n) is 22.1. The quantitative estimate of drug-likeness (QED) is 0.105. The highest BCUT2D eigenvalue weighted by atomic mass is 32.2. The van der Waals surface area contributed by atoms with Crippen molar-refractivity contribution in [3.8, 4) is 5.69 Å². The van der Waals surface area contributed by atoms with Crippen molar-refractivity contribution in [2.24, 2.45) is 0 Å². The Morgan fingerprint density at radius 1 is 0.900 bits per heavy atom. The van der Waals surface area contributed by atoms with E-state index in [1.807, 2.05) is 56.3 Å². The summed E-state index contributed by atoms with van der Waals surface area (Å²) in [6.07, 6.45) is 0. The van der Waals surface area contributed by atoms with E-state index in [1.54, 1.807) is 43.3 Å². The van der Waals surface area contributed by atoms with Gasteiger partial charge in [-0.1, -0.05) is 66.4 Å². The number of hydrogen-bond acceptors (Lipinski definition) is 6. The van der Waals surface area contributed by atoms with E-state index in [9.17, 15) is 19.7 Å². The first-order chi connectivity index (χ1) is 19.2. The van der Waals surface area contributed by atoms with Gasteiger partial charge in [-0.25, -0.2) is 4.98 Å². The third-order valence-electron chi connectivity index (χ3n) is 6.38. The van der Waals surface area contributed by atoms with Crippen LogP contribution >= 0.6 is 11.8 Å². The van der Waals surface area contributed by atoms with Crippen molar-refractivity contribution in [1.82, 2.24) is 9.55 Å². The molecular formula is C31H26N4O4S. The van der Waals surface area contributed by atoms with Crippen molar-refractivity contribution in [3.05, 3.63) is 134 Å². The van der Waals surface area contributed by atoms with Crippen molar-refractivity contribution in [3.63, 3.8) is 0 Å². The number of para-hydroxylation sites is 1. The smallest absolute Gasteiger partial charge is 0.293 e. The summed E-state index contributed by atoms with van der Waals surface area (Å²) in [4.78, 5) is 43.7. The SMILES string of the molecule is Cc1cc(C)cc(-n2c(SC(C(=O)Nc3ccc(C)cc3[N+](=O)[O-])c3ccccc3)nc3ccccc3c2=O)c1. The fourth-order valence-corrected chi connectivity index (χ4v) is 5.72. The highest BCUT2D eigenvalue weighted by Gasteiger charge is 2.28. The molecule has 0 aliphatic heterocycles. The number of benzene rings is 4. The molecule has 0 spiro atoms. The Kier molecular flexibility index (Phi) is 7.48. The molecule has 1 atom stereocenters. The van der Waals surface area contributed by atoms with E-state index in [0.717, 1.165) is 22.9 Å². The molecule has 9 heteroatoms. The Morgan fingerprint density at radius 2 is 1.57 bits per heavy atom. The van der Waals surface area contributed by atoms with Gasteiger partial charge in [-0.05, 0) is 73.4 Å². The van der Waals surface area contributed by atoms with Gasteiger partial charge < -0.3 is 5.32 Å². The van der Waals surface area contributed by atoms with E-state index in [1.165, 1.54) is 16.7 Å². The molecule has 0 aliphatic carbocycles. The highest BCUT2D eigenvalue weighted by Crippen LogP contribution is 2.37. The van der Waals surface area contributed by atoms with E-state index >= 15 is 0 Å². The number of hydrogen-bond donors (Lipinski definition) is 1. The average molecular weight is 551 g/mol. The largest absolute Gasteiger partial charge is 0.319 e. The highest BCUT2D eigenvalue weighted by molar-refractivity contribution is 8.00. The summed E-state index contributed by atoms with van der Waals surface area (Å²) in [5.41, 5.74) is 4.14. The molecule has 1 amide bonds. The summed E-state index contributed by atoms with van der Waals surface area (Å²) >= 11 is 1.12. The maximum absolute atomic E-state index is 13.8. The standard InChI is InChI=1S/C31H26N4O4S/c1-19-13-14-26(27(18-19)35(38)39)32-29(36)28(22-9-5-4-6-10-22)40-31-33-25-12-8-7-11-24(25)30(37)34(31)23-16-20(2)15-21(3)17-23/h4-18,28H,1-3H3,(H,32,36). The number of nitro benzene ring substituents is 1. The summed E-state index contributed by atoms with van der Waals surface area (Å²) in [7, 11) is 0. The molecule has 0 fully saturated rings. The van der Waals surface area contributed by atoms with Crippen molar-refractivity contribution in [2.75, 3.05) is 5.32 Å². The molecule has 200 valence electrons. The van der Waals surface area contributed by atoms with Gasteiger partial charge in [0.1, 0.15) is 10.9 Å². The Bertz CT molecular complexity index is 1800. The lowest BCUT2D eigenvalue weighted by Gasteiger charge is -2.20. The van der Waals surface area contributed by atoms with E-state index in [0.29, 0.717) is 32.9 Å². The molecular weight excluding hydrogens is 524 g/mol. The van der Waals surface area contributed by atoms with Gasteiger partial charge in [-0.3, -0.25) is 24.3 Å².